The smallest absolute Gasteiger partial charge is 0.119 e. The second kappa shape index (κ2) is 9.89. The van der Waals surface area contributed by atoms with E-state index >= 15 is 0 Å². The van der Waals surface area contributed by atoms with Crippen molar-refractivity contribution < 1.29 is 4.74 Å². The van der Waals surface area contributed by atoms with E-state index in [9.17, 15) is 0 Å². The molecule has 0 atom stereocenters. The van der Waals surface area contributed by atoms with Gasteiger partial charge >= 0.3 is 0 Å². The standard InChI is InChI=1S/C29H34N2O/c1-32-28-13-12-23-14-18-30(19-15-26(23)22-28)27-16-20-31(21-17-27)29(24-8-4-2-5-9-24)25-10-6-3-7-11-25/h2-13,22,27,29H,14-21H2,1H3. The first-order valence-electron chi connectivity index (χ1n) is 12.1. The van der Waals surface area contributed by atoms with Gasteiger partial charge in [0.15, 0.2) is 0 Å². The van der Waals surface area contributed by atoms with E-state index < -0.39 is 0 Å². The molecule has 0 radical (unpaired) electrons. The Bertz CT molecular complexity index is 957. The fourth-order valence-corrected chi connectivity index (χ4v) is 5.60. The molecule has 2 aliphatic heterocycles. The van der Waals surface area contributed by atoms with Crippen LogP contribution in [0.25, 0.3) is 0 Å². The van der Waals surface area contributed by atoms with Crippen LogP contribution < -0.4 is 4.74 Å². The average molecular weight is 427 g/mol. The third-order valence-electron chi connectivity index (χ3n) is 7.36. The van der Waals surface area contributed by atoms with E-state index in [1.54, 1.807) is 7.11 Å². The molecule has 0 saturated carbocycles. The Morgan fingerprint density at radius 1 is 0.719 bits per heavy atom. The molecule has 32 heavy (non-hydrogen) atoms. The number of piperidine rings is 1. The highest BCUT2D eigenvalue weighted by Gasteiger charge is 2.30. The van der Waals surface area contributed by atoms with Gasteiger partial charge in [0.1, 0.15) is 5.75 Å². The molecule has 3 heteroatoms. The molecule has 0 bridgehead atoms. The molecule has 3 aromatic carbocycles. The Kier molecular flexibility index (Phi) is 6.56. The van der Waals surface area contributed by atoms with E-state index in [0.717, 1.165) is 38.2 Å². The average Bonchev–Trinajstić information content (AvgIpc) is 3.08. The zero-order valence-corrected chi connectivity index (χ0v) is 19.1. The maximum Gasteiger partial charge on any atom is 0.119 e. The normalized spacial score (nSPS) is 18.3. The number of rotatable bonds is 5. The van der Waals surface area contributed by atoms with E-state index in [-0.39, 0.29) is 0 Å². The number of hydrogen-bond donors (Lipinski definition) is 0. The second-order valence-corrected chi connectivity index (χ2v) is 9.16. The third-order valence-corrected chi connectivity index (χ3v) is 7.36. The lowest BCUT2D eigenvalue weighted by Gasteiger charge is -2.41. The summed E-state index contributed by atoms with van der Waals surface area (Å²) < 4.78 is 5.45. The quantitative estimate of drug-likeness (QED) is 0.547. The van der Waals surface area contributed by atoms with Gasteiger partial charge in [-0.2, -0.15) is 0 Å². The molecule has 0 N–H and O–H groups in total. The molecule has 1 fully saturated rings. The van der Waals surface area contributed by atoms with Crippen molar-refractivity contribution in [3.8, 4) is 5.75 Å². The van der Waals surface area contributed by atoms with Crippen LogP contribution in [0.3, 0.4) is 0 Å². The maximum absolute atomic E-state index is 5.45. The molecular weight excluding hydrogens is 392 g/mol. The molecule has 3 aromatic rings. The number of likely N-dealkylation sites (tertiary alicyclic amines) is 1. The van der Waals surface area contributed by atoms with Gasteiger partial charge < -0.3 is 4.74 Å². The summed E-state index contributed by atoms with van der Waals surface area (Å²) in [7, 11) is 1.76. The van der Waals surface area contributed by atoms with Crippen LogP contribution in [-0.4, -0.2) is 49.1 Å². The van der Waals surface area contributed by atoms with Gasteiger partial charge in [0, 0.05) is 32.2 Å². The van der Waals surface area contributed by atoms with Crippen molar-refractivity contribution >= 4 is 0 Å². The van der Waals surface area contributed by atoms with Crippen molar-refractivity contribution in [2.24, 2.45) is 0 Å². The van der Waals surface area contributed by atoms with Crippen molar-refractivity contribution in [1.29, 1.82) is 0 Å². The Labute approximate surface area is 192 Å². The molecule has 1 saturated heterocycles. The SMILES string of the molecule is COc1ccc2c(c1)CCN(C1CCN(C(c3ccccc3)c3ccccc3)CC1)CC2. The summed E-state index contributed by atoms with van der Waals surface area (Å²) in [6.07, 6.45) is 4.77. The first-order chi connectivity index (χ1) is 15.8. The Balaban J connectivity index is 1.26. The Morgan fingerprint density at radius 3 is 1.91 bits per heavy atom. The molecule has 0 unspecified atom stereocenters. The van der Waals surface area contributed by atoms with Gasteiger partial charge in [0.2, 0.25) is 0 Å². The Hall–Kier alpha value is -2.62. The van der Waals surface area contributed by atoms with Crippen LogP contribution in [0.1, 0.15) is 41.1 Å². The first-order valence-corrected chi connectivity index (χ1v) is 12.1. The highest BCUT2D eigenvalue weighted by molar-refractivity contribution is 5.37. The highest BCUT2D eigenvalue weighted by Crippen LogP contribution is 2.32. The predicted octanol–water partition coefficient (Wildman–Crippen LogP) is 5.35. The van der Waals surface area contributed by atoms with Crippen LogP contribution in [0.4, 0.5) is 0 Å². The van der Waals surface area contributed by atoms with E-state index in [4.69, 9.17) is 4.74 Å². The van der Waals surface area contributed by atoms with Gasteiger partial charge in [0.05, 0.1) is 13.2 Å². The summed E-state index contributed by atoms with van der Waals surface area (Å²) in [5, 5.41) is 0. The maximum atomic E-state index is 5.45. The largest absolute Gasteiger partial charge is 0.497 e. The van der Waals surface area contributed by atoms with E-state index in [1.807, 2.05) is 0 Å². The lowest BCUT2D eigenvalue weighted by molar-refractivity contribution is 0.0953. The van der Waals surface area contributed by atoms with E-state index in [0.29, 0.717) is 12.1 Å². The lowest BCUT2D eigenvalue weighted by Crippen LogP contribution is -2.46. The van der Waals surface area contributed by atoms with Gasteiger partial charge in [-0.05, 0) is 60.1 Å². The monoisotopic (exact) mass is 426 g/mol. The number of nitrogens with zero attached hydrogens (tertiary/aromatic N) is 2. The minimum absolute atomic E-state index is 0.346. The topological polar surface area (TPSA) is 15.7 Å². The molecule has 2 heterocycles. The van der Waals surface area contributed by atoms with Crippen molar-refractivity contribution in [2.45, 2.75) is 37.8 Å². The molecule has 0 aliphatic carbocycles. The number of fused-ring (bicyclic) bond motifs is 1. The van der Waals surface area contributed by atoms with Crippen molar-refractivity contribution in [3.05, 3.63) is 101 Å². The molecule has 0 spiro atoms. The molecule has 5 rings (SSSR count). The minimum atomic E-state index is 0.346. The summed E-state index contributed by atoms with van der Waals surface area (Å²) in [5.41, 5.74) is 5.77. The van der Waals surface area contributed by atoms with Crippen molar-refractivity contribution in [2.75, 3.05) is 33.3 Å². The summed E-state index contributed by atoms with van der Waals surface area (Å²) >= 11 is 0. The highest BCUT2D eigenvalue weighted by atomic mass is 16.5. The molecule has 0 aromatic heterocycles. The summed E-state index contributed by atoms with van der Waals surface area (Å²) in [6.45, 7) is 4.63. The van der Waals surface area contributed by atoms with Crippen LogP contribution >= 0.6 is 0 Å². The fraction of sp³-hybridized carbons (Fsp3) is 0.379. The van der Waals surface area contributed by atoms with E-state index in [2.05, 4.69) is 88.7 Å². The van der Waals surface area contributed by atoms with Crippen molar-refractivity contribution in [1.82, 2.24) is 9.80 Å². The van der Waals surface area contributed by atoms with Crippen LogP contribution in [0.5, 0.6) is 5.75 Å². The number of benzene rings is 3. The predicted molar refractivity (Wildman–Crippen MR) is 131 cm³/mol. The summed E-state index contributed by atoms with van der Waals surface area (Å²) in [6, 6.07) is 29.7. The Morgan fingerprint density at radius 2 is 1.31 bits per heavy atom. The first kappa shape index (κ1) is 21.2. The van der Waals surface area contributed by atoms with Crippen LogP contribution in [0.15, 0.2) is 78.9 Å². The number of hydrogen-bond acceptors (Lipinski definition) is 3. The molecule has 0 amide bonds. The van der Waals surface area contributed by atoms with Gasteiger partial charge in [-0.1, -0.05) is 66.7 Å². The van der Waals surface area contributed by atoms with Crippen LogP contribution in [-0.2, 0) is 12.8 Å². The third kappa shape index (κ3) is 4.60. The molecule has 2 aliphatic rings. The zero-order chi connectivity index (χ0) is 21.8. The second-order valence-electron chi connectivity index (χ2n) is 9.16. The number of methoxy groups -OCH3 is 1. The van der Waals surface area contributed by atoms with Gasteiger partial charge in [0.25, 0.3) is 0 Å². The van der Waals surface area contributed by atoms with Gasteiger partial charge in [-0.3, -0.25) is 9.80 Å². The molecule has 166 valence electrons. The van der Waals surface area contributed by atoms with Gasteiger partial charge in [-0.25, -0.2) is 0 Å². The van der Waals surface area contributed by atoms with Crippen LogP contribution in [0.2, 0.25) is 0 Å². The fourth-order valence-electron chi connectivity index (χ4n) is 5.60. The molecular formula is C29H34N2O. The van der Waals surface area contributed by atoms with Gasteiger partial charge in [-0.15, -0.1) is 0 Å². The lowest BCUT2D eigenvalue weighted by atomic mass is 9.93. The minimum Gasteiger partial charge on any atom is -0.497 e. The number of ether oxygens (including phenoxy) is 1. The van der Waals surface area contributed by atoms with E-state index in [1.165, 1.54) is 41.6 Å². The van der Waals surface area contributed by atoms with Crippen LogP contribution in [0, 0.1) is 0 Å². The zero-order valence-electron chi connectivity index (χ0n) is 19.1. The van der Waals surface area contributed by atoms with Crippen molar-refractivity contribution in [3.63, 3.8) is 0 Å². The molecule has 3 nitrogen and oxygen atoms in total. The summed E-state index contributed by atoms with van der Waals surface area (Å²) in [5.74, 6) is 0.985. The summed E-state index contributed by atoms with van der Waals surface area (Å²) in [4.78, 5) is 5.45.